The molecule has 0 aliphatic carbocycles. The molecule has 160 valence electrons. The third-order valence-corrected chi connectivity index (χ3v) is 6.92. The largest absolute Gasteiger partial charge is 0.289 e. The fourth-order valence-electron chi connectivity index (χ4n) is 2.92. The van der Waals surface area contributed by atoms with E-state index in [0.717, 1.165) is 53.2 Å². The lowest BCUT2D eigenvalue weighted by atomic mass is 10.1. The van der Waals surface area contributed by atoms with Crippen molar-refractivity contribution in [2.45, 2.75) is 52.0 Å². The van der Waals surface area contributed by atoms with Crippen molar-refractivity contribution in [1.82, 2.24) is 19.4 Å². The van der Waals surface area contributed by atoms with Gasteiger partial charge < -0.3 is 0 Å². The molecular weight excluding hydrogens is 412 g/mol. The van der Waals surface area contributed by atoms with Gasteiger partial charge in [0.05, 0.1) is 12.3 Å². The van der Waals surface area contributed by atoms with E-state index in [4.69, 9.17) is 5.21 Å². The highest BCUT2D eigenvalue weighted by atomic mass is 32.2. The van der Waals surface area contributed by atoms with Gasteiger partial charge in [-0.3, -0.25) is 10.0 Å². The van der Waals surface area contributed by atoms with Gasteiger partial charge in [-0.15, -0.1) is 5.10 Å². The summed E-state index contributed by atoms with van der Waals surface area (Å²) in [5, 5.41) is 14.7. The highest BCUT2D eigenvalue weighted by Crippen LogP contribution is 2.20. The van der Waals surface area contributed by atoms with E-state index in [0.29, 0.717) is 6.42 Å². The van der Waals surface area contributed by atoms with Crippen LogP contribution in [-0.4, -0.2) is 45.7 Å². The van der Waals surface area contributed by atoms with Crippen molar-refractivity contribution in [2.75, 3.05) is 12.3 Å². The zero-order valence-corrected chi connectivity index (χ0v) is 18.2. The van der Waals surface area contributed by atoms with Gasteiger partial charge >= 0.3 is 0 Å². The molecule has 1 heterocycles. The smallest absolute Gasteiger partial charge is 0.258 e. The van der Waals surface area contributed by atoms with Crippen LogP contribution >= 0.6 is 11.5 Å². The van der Waals surface area contributed by atoms with Crippen molar-refractivity contribution in [1.29, 1.82) is 0 Å². The molecule has 2 N–H and O–H groups in total. The summed E-state index contributed by atoms with van der Waals surface area (Å²) in [7, 11) is -3.63. The van der Waals surface area contributed by atoms with Gasteiger partial charge in [0.1, 0.15) is 5.69 Å². The summed E-state index contributed by atoms with van der Waals surface area (Å²) in [5.74, 6) is -0.776. The predicted octanol–water partition coefficient (Wildman–Crippen LogP) is 3.20. The summed E-state index contributed by atoms with van der Waals surface area (Å²) in [6.45, 7) is 1.77. The van der Waals surface area contributed by atoms with Crippen molar-refractivity contribution in [3.8, 4) is 11.3 Å². The number of nitrogens with one attached hydrogen (secondary N) is 1. The number of sulfonamides is 1. The van der Waals surface area contributed by atoms with Crippen LogP contribution in [0.2, 0.25) is 0 Å². The number of hydrogen-bond acceptors (Lipinski definition) is 7. The van der Waals surface area contributed by atoms with Crippen LogP contribution in [0.4, 0.5) is 0 Å². The summed E-state index contributed by atoms with van der Waals surface area (Å²) >= 11 is 1.26. The number of rotatable bonds is 13. The quantitative estimate of drug-likeness (QED) is 0.281. The number of hydrogen-bond donors (Lipinski definition) is 2. The van der Waals surface area contributed by atoms with E-state index in [-0.39, 0.29) is 12.3 Å². The lowest BCUT2D eigenvalue weighted by Crippen LogP contribution is -2.40. The van der Waals surface area contributed by atoms with Gasteiger partial charge in [-0.1, -0.05) is 67.8 Å². The number of carbonyl (C=O) groups is 1. The third kappa shape index (κ3) is 7.81. The molecule has 29 heavy (non-hydrogen) atoms. The number of unbranched alkanes of at least 4 members (excludes halogenated alkanes) is 5. The number of nitrogens with zero attached hydrogens (tertiary/aromatic N) is 3. The summed E-state index contributed by atoms with van der Waals surface area (Å²) in [6, 6.07) is 7.30. The maximum Gasteiger partial charge on any atom is 0.258 e. The Balaban J connectivity index is 2.01. The van der Waals surface area contributed by atoms with E-state index in [1.807, 2.05) is 17.5 Å². The number of amides is 1. The molecule has 2 rings (SSSR count). The van der Waals surface area contributed by atoms with Crippen LogP contribution in [0.1, 0.15) is 51.0 Å². The Kier molecular flexibility index (Phi) is 9.65. The zero-order chi connectivity index (χ0) is 21.1. The van der Waals surface area contributed by atoms with E-state index in [9.17, 15) is 13.2 Å². The van der Waals surface area contributed by atoms with Crippen molar-refractivity contribution >= 4 is 27.5 Å². The maximum absolute atomic E-state index is 12.8. The molecule has 0 fully saturated rings. The molecule has 0 unspecified atom stereocenters. The molecule has 2 aromatic rings. The van der Waals surface area contributed by atoms with Gasteiger partial charge in [-0.25, -0.2) is 13.9 Å². The van der Waals surface area contributed by atoms with E-state index < -0.39 is 22.5 Å². The summed E-state index contributed by atoms with van der Waals surface area (Å²) < 4.78 is 30.5. The molecule has 0 atom stereocenters. The Labute approximate surface area is 176 Å². The SMILES string of the molecule is CCCCCCCCS(=O)(=O)N(CC(=O)NO)Cc1ccc(-c2csnn2)cc1. The maximum atomic E-state index is 12.8. The number of aromatic nitrogens is 2. The molecule has 1 aromatic carbocycles. The second kappa shape index (κ2) is 12.0. The molecule has 0 saturated heterocycles. The van der Waals surface area contributed by atoms with Crippen LogP contribution in [0.15, 0.2) is 29.6 Å². The summed E-state index contributed by atoms with van der Waals surface area (Å²) in [6.07, 6.45) is 5.80. The third-order valence-electron chi connectivity index (χ3n) is 4.56. The van der Waals surface area contributed by atoms with Gasteiger partial charge in [-0.05, 0) is 23.5 Å². The predicted molar refractivity (Wildman–Crippen MR) is 113 cm³/mol. The zero-order valence-electron chi connectivity index (χ0n) is 16.6. The minimum absolute atomic E-state index is 0.0135. The van der Waals surface area contributed by atoms with Gasteiger partial charge in [0.2, 0.25) is 10.0 Å². The lowest BCUT2D eigenvalue weighted by molar-refractivity contribution is -0.129. The molecule has 0 spiro atoms. The first-order valence-electron chi connectivity index (χ1n) is 9.73. The fourth-order valence-corrected chi connectivity index (χ4v) is 4.87. The topological polar surface area (TPSA) is 112 Å². The molecule has 1 aromatic heterocycles. The Morgan fingerprint density at radius 1 is 1.14 bits per heavy atom. The van der Waals surface area contributed by atoms with Crippen LogP contribution in [0.5, 0.6) is 0 Å². The van der Waals surface area contributed by atoms with Gasteiger partial charge in [0.25, 0.3) is 5.91 Å². The molecule has 0 radical (unpaired) electrons. The molecule has 10 heteroatoms. The minimum Gasteiger partial charge on any atom is -0.289 e. The first kappa shape index (κ1) is 23.4. The Morgan fingerprint density at radius 2 is 1.83 bits per heavy atom. The number of carbonyl (C=O) groups excluding carboxylic acids is 1. The second-order valence-electron chi connectivity index (χ2n) is 6.87. The Hall–Kier alpha value is -1.88. The van der Waals surface area contributed by atoms with Crippen LogP contribution in [-0.2, 0) is 21.4 Å². The molecule has 8 nitrogen and oxygen atoms in total. The monoisotopic (exact) mass is 440 g/mol. The molecule has 0 bridgehead atoms. The van der Waals surface area contributed by atoms with E-state index >= 15 is 0 Å². The average Bonchev–Trinajstić information content (AvgIpc) is 3.25. The van der Waals surface area contributed by atoms with Crippen LogP contribution in [0, 0.1) is 0 Å². The summed E-state index contributed by atoms with van der Waals surface area (Å²) in [5.41, 5.74) is 3.90. The average molecular weight is 441 g/mol. The van der Waals surface area contributed by atoms with Gasteiger partial charge in [-0.2, -0.15) is 4.31 Å². The molecule has 0 aliphatic rings. The lowest BCUT2D eigenvalue weighted by Gasteiger charge is -2.21. The normalized spacial score (nSPS) is 11.7. The highest BCUT2D eigenvalue weighted by molar-refractivity contribution is 7.89. The standard InChI is InChI=1S/C19H28N4O4S2/c1-2-3-4-5-6-7-12-29(26,27)23(14-19(24)21-25)13-16-8-10-17(11-9-16)18-15-28-22-20-18/h8-11,15,25H,2-7,12-14H2,1H3,(H,21,24). The molecule has 1 amide bonds. The van der Waals surface area contributed by atoms with Crippen molar-refractivity contribution in [2.24, 2.45) is 0 Å². The van der Waals surface area contributed by atoms with Crippen molar-refractivity contribution in [3.63, 3.8) is 0 Å². The Morgan fingerprint density at radius 3 is 2.45 bits per heavy atom. The second-order valence-corrected chi connectivity index (χ2v) is 9.57. The van der Waals surface area contributed by atoms with Crippen molar-refractivity contribution in [3.05, 3.63) is 35.2 Å². The van der Waals surface area contributed by atoms with E-state index in [1.54, 1.807) is 12.1 Å². The van der Waals surface area contributed by atoms with Gasteiger partial charge in [0, 0.05) is 17.5 Å². The minimum atomic E-state index is -3.63. The fraction of sp³-hybridized carbons (Fsp3) is 0.526. The molecular formula is C19H28N4O4S2. The highest BCUT2D eigenvalue weighted by Gasteiger charge is 2.24. The van der Waals surface area contributed by atoms with Crippen LogP contribution in [0.3, 0.4) is 0 Å². The summed E-state index contributed by atoms with van der Waals surface area (Å²) in [4.78, 5) is 11.6. The molecule has 0 aliphatic heterocycles. The van der Waals surface area contributed by atoms with Crippen LogP contribution < -0.4 is 5.48 Å². The number of benzene rings is 1. The van der Waals surface area contributed by atoms with Crippen molar-refractivity contribution < 1.29 is 18.4 Å². The molecule has 0 saturated carbocycles. The first-order chi connectivity index (χ1) is 14.0. The Bertz CT molecular complexity index is 840. The first-order valence-corrected chi connectivity index (χ1v) is 12.2. The van der Waals surface area contributed by atoms with Gasteiger partial charge in [0.15, 0.2) is 0 Å². The van der Waals surface area contributed by atoms with E-state index in [1.165, 1.54) is 17.0 Å². The number of hydroxylamine groups is 1. The van der Waals surface area contributed by atoms with E-state index in [2.05, 4.69) is 16.5 Å². The van der Waals surface area contributed by atoms with Crippen LogP contribution in [0.25, 0.3) is 11.3 Å².